The molecule has 0 heterocycles. The Morgan fingerprint density at radius 2 is 1.41 bits per heavy atom. The fourth-order valence-electron chi connectivity index (χ4n) is 4.62. The second kappa shape index (κ2) is 8.63. The molecule has 0 saturated heterocycles. The van der Waals surface area contributed by atoms with Crippen molar-refractivity contribution in [1.82, 2.24) is 0 Å². The fourth-order valence-corrected chi connectivity index (χ4v) is 7.58. The molecule has 3 heteroatoms. The lowest BCUT2D eigenvalue weighted by Gasteiger charge is -2.43. The second-order valence-electron chi connectivity index (χ2n) is 7.60. The molecule has 1 unspecified atom stereocenters. The van der Waals surface area contributed by atoms with Crippen LogP contribution in [-0.4, -0.2) is 20.2 Å². The molecular weight excluding hydrogens is 288 g/mol. The lowest BCUT2D eigenvalue weighted by Crippen LogP contribution is -2.46. The first kappa shape index (κ1) is 18.2. The van der Waals surface area contributed by atoms with Crippen molar-refractivity contribution < 1.29 is 9.22 Å². The number of ketones is 1. The van der Waals surface area contributed by atoms with Gasteiger partial charge in [-0.05, 0) is 55.7 Å². The molecule has 0 radical (unpaired) electrons. The third-order valence-electron chi connectivity index (χ3n) is 6.49. The summed E-state index contributed by atoms with van der Waals surface area (Å²) >= 11 is 0. The van der Waals surface area contributed by atoms with Crippen LogP contribution < -0.4 is 0 Å². The Bertz CT molecular complexity index is 327. The average molecular weight is 325 g/mol. The summed E-state index contributed by atoms with van der Waals surface area (Å²) in [4.78, 5) is 11.6. The van der Waals surface area contributed by atoms with E-state index >= 15 is 0 Å². The van der Waals surface area contributed by atoms with E-state index < -0.39 is 8.32 Å². The van der Waals surface area contributed by atoms with Gasteiger partial charge in [-0.2, -0.15) is 0 Å². The maximum Gasteiger partial charge on any atom is 0.192 e. The van der Waals surface area contributed by atoms with E-state index in [-0.39, 0.29) is 0 Å². The summed E-state index contributed by atoms with van der Waals surface area (Å²) in [6, 6.07) is 3.73. The topological polar surface area (TPSA) is 26.3 Å². The Kier molecular flexibility index (Phi) is 7.14. The molecule has 0 amide bonds. The number of Topliss-reactive ketones (excluding diaryl/α,β-unsaturated/α-hetero) is 1. The Balaban J connectivity index is 2.11. The highest BCUT2D eigenvalue weighted by atomic mass is 28.4. The van der Waals surface area contributed by atoms with Crippen LogP contribution in [0.5, 0.6) is 0 Å². The highest BCUT2D eigenvalue weighted by Gasteiger charge is 2.39. The summed E-state index contributed by atoms with van der Waals surface area (Å²) < 4.78 is 7.03. The van der Waals surface area contributed by atoms with Crippen LogP contribution in [0.1, 0.15) is 78.6 Å². The number of hydrogen-bond donors (Lipinski definition) is 0. The van der Waals surface area contributed by atoms with Gasteiger partial charge in [-0.3, -0.25) is 4.79 Å². The molecule has 0 spiro atoms. The van der Waals surface area contributed by atoms with E-state index in [0.29, 0.717) is 17.8 Å². The summed E-state index contributed by atoms with van der Waals surface area (Å²) in [6.07, 6.45) is 11.1. The van der Waals surface area contributed by atoms with Crippen molar-refractivity contribution in [2.75, 3.05) is 0 Å². The van der Waals surface area contributed by atoms with Crippen LogP contribution >= 0.6 is 0 Å². The summed E-state index contributed by atoms with van der Waals surface area (Å²) in [5.41, 5.74) is 0. The molecule has 2 saturated carbocycles. The predicted molar refractivity (Wildman–Crippen MR) is 95.6 cm³/mol. The van der Waals surface area contributed by atoms with Crippen molar-refractivity contribution in [3.05, 3.63) is 0 Å². The molecule has 0 aromatic carbocycles. The van der Waals surface area contributed by atoms with Gasteiger partial charge in [0.1, 0.15) is 5.78 Å². The third kappa shape index (κ3) is 4.44. The summed E-state index contributed by atoms with van der Waals surface area (Å²) in [5.74, 6) is 1.89. The first-order valence-corrected chi connectivity index (χ1v) is 12.4. The van der Waals surface area contributed by atoms with Crippen LogP contribution in [-0.2, 0) is 9.22 Å². The van der Waals surface area contributed by atoms with E-state index in [0.717, 1.165) is 31.6 Å². The highest BCUT2D eigenvalue weighted by Crippen LogP contribution is 2.39. The SMILES string of the molecule is CC[Si](CC)(CC)OC(C1CCCCC1)C1CCC(=O)CC1. The number of carbonyl (C=O) groups is 1. The molecule has 0 aromatic rings. The van der Waals surface area contributed by atoms with Gasteiger partial charge in [-0.25, -0.2) is 0 Å². The maximum absolute atomic E-state index is 11.6. The molecular formula is C19H36O2Si. The molecule has 2 aliphatic carbocycles. The molecule has 0 aromatic heterocycles. The first-order chi connectivity index (χ1) is 10.6. The first-order valence-electron chi connectivity index (χ1n) is 9.83. The van der Waals surface area contributed by atoms with Crippen molar-refractivity contribution in [2.45, 2.75) is 103 Å². The van der Waals surface area contributed by atoms with Gasteiger partial charge in [-0.1, -0.05) is 40.0 Å². The molecule has 2 nitrogen and oxygen atoms in total. The highest BCUT2D eigenvalue weighted by molar-refractivity contribution is 6.73. The smallest absolute Gasteiger partial charge is 0.192 e. The van der Waals surface area contributed by atoms with Gasteiger partial charge in [0, 0.05) is 12.8 Å². The van der Waals surface area contributed by atoms with Crippen LogP contribution in [0.4, 0.5) is 0 Å². The normalized spacial score (nSPS) is 23.7. The van der Waals surface area contributed by atoms with E-state index in [4.69, 9.17) is 4.43 Å². The molecule has 128 valence electrons. The molecule has 0 aliphatic heterocycles. The van der Waals surface area contributed by atoms with Crippen molar-refractivity contribution in [3.8, 4) is 0 Å². The number of carbonyl (C=O) groups excluding carboxylic acids is 1. The Morgan fingerprint density at radius 1 is 0.909 bits per heavy atom. The van der Waals surface area contributed by atoms with Crippen LogP contribution in [0.15, 0.2) is 0 Å². The van der Waals surface area contributed by atoms with Gasteiger partial charge in [0.2, 0.25) is 0 Å². The average Bonchev–Trinajstić information content (AvgIpc) is 2.59. The lowest BCUT2D eigenvalue weighted by molar-refractivity contribution is -0.122. The fraction of sp³-hybridized carbons (Fsp3) is 0.947. The molecule has 0 bridgehead atoms. The molecule has 0 N–H and O–H groups in total. The quantitative estimate of drug-likeness (QED) is 0.560. The van der Waals surface area contributed by atoms with Crippen LogP contribution in [0.25, 0.3) is 0 Å². The molecule has 2 fully saturated rings. The van der Waals surface area contributed by atoms with Crippen molar-refractivity contribution in [2.24, 2.45) is 11.8 Å². The van der Waals surface area contributed by atoms with Crippen molar-refractivity contribution in [1.29, 1.82) is 0 Å². The van der Waals surface area contributed by atoms with E-state index in [1.165, 1.54) is 50.2 Å². The van der Waals surface area contributed by atoms with Gasteiger partial charge < -0.3 is 4.43 Å². The molecule has 2 rings (SSSR count). The van der Waals surface area contributed by atoms with Crippen LogP contribution in [0, 0.1) is 11.8 Å². The summed E-state index contributed by atoms with van der Waals surface area (Å²) in [6.45, 7) is 7.00. The molecule has 2 aliphatic rings. The standard InChI is InChI=1S/C19H36O2Si/c1-4-22(5-2,6-3)21-19(16-10-8-7-9-11-16)17-12-14-18(20)15-13-17/h16-17,19H,4-15H2,1-3H3. The second-order valence-corrected chi connectivity index (χ2v) is 12.3. The zero-order valence-electron chi connectivity index (χ0n) is 15.0. The zero-order chi connectivity index (χ0) is 16.0. The Hall–Kier alpha value is -0.153. The maximum atomic E-state index is 11.6. The van der Waals surface area contributed by atoms with Gasteiger partial charge in [-0.15, -0.1) is 0 Å². The minimum absolute atomic E-state index is 0.458. The molecule has 1 atom stereocenters. The minimum atomic E-state index is -1.55. The van der Waals surface area contributed by atoms with E-state index in [9.17, 15) is 4.79 Å². The zero-order valence-corrected chi connectivity index (χ0v) is 16.0. The summed E-state index contributed by atoms with van der Waals surface area (Å²) in [7, 11) is -1.55. The van der Waals surface area contributed by atoms with Gasteiger partial charge in [0.05, 0.1) is 6.10 Å². The predicted octanol–water partition coefficient (Wildman–Crippen LogP) is 5.72. The Labute approximate surface area is 138 Å². The molecule has 22 heavy (non-hydrogen) atoms. The minimum Gasteiger partial charge on any atom is -0.413 e. The number of hydrogen-bond acceptors (Lipinski definition) is 2. The third-order valence-corrected chi connectivity index (χ3v) is 11.1. The summed E-state index contributed by atoms with van der Waals surface area (Å²) in [5, 5.41) is 0. The Morgan fingerprint density at radius 3 is 1.91 bits per heavy atom. The van der Waals surface area contributed by atoms with Gasteiger partial charge in [0.15, 0.2) is 8.32 Å². The number of rotatable bonds is 7. The van der Waals surface area contributed by atoms with E-state index in [1.54, 1.807) is 0 Å². The monoisotopic (exact) mass is 324 g/mol. The largest absolute Gasteiger partial charge is 0.413 e. The van der Waals surface area contributed by atoms with Crippen LogP contribution in [0.3, 0.4) is 0 Å². The van der Waals surface area contributed by atoms with Gasteiger partial charge >= 0.3 is 0 Å². The van der Waals surface area contributed by atoms with E-state index in [1.807, 2.05) is 0 Å². The van der Waals surface area contributed by atoms with Crippen molar-refractivity contribution in [3.63, 3.8) is 0 Å². The van der Waals surface area contributed by atoms with Crippen molar-refractivity contribution >= 4 is 14.1 Å². The van der Waals surface area contributed by atoms with Crippen LogP contribution in [0.2, 0.25) is 18.1 Å². The van der Waals surface area contributed by atoms with Gasteiger partial charge in [0.25, 0.3) is 0 Å². The van der Waals surface area contributed by atoms with E-state index in [2.05, 4.69) is 20.8 Å². The lowest BCUT2D eigenvalue weighted by atomic mass is 9.75.